The molecule has 0 spiro atoms. The van der Waals surface area contributed by atoms with Crippen LogP contribution in [0.2, 0.25) is 0 Å². The Kier molecular flexibility index (Phi) is 4.99. The summed E-state index contributed by atoms with van der Waals surface area (Å²) in [6.07, 6.45) is 0.843. The van der Waals surface area contributed by atoms with E-state index in [4.69, 9.17) is 4.74 Å². The van der Waals surface area contributed by atoms with Crippen LogP contribution in [0.4, 0.5) is 0 Å². The molecule has 0 fully saturated rings. The Labute approximate surface area is 96.8 Å². The van der Waals surface area contributed by atoms with Crippen molar-refractivity contribution in [2.45, 2.75) is 26.3 Å². The number of hydrogen-bond acceptors (Lipinski definition) is 2. The van der Waals surface area contributed by atoms with Gasteiger partial charge in [-0.3, -0.25) is 4.79 Å². The lowest BCUT2D eigenvalue weighted by Crippen LogP contribution is -2.36. The molecule has 0 saturated heterocycles. The van der Waals surface area contributed by atoms with Gasteiger partial charge in [-0.25, -0.2) is 0 Å². The zero-order chi connectivity index (χ0) is 12.0. The molecule has 0 aromatic heterocycles. The predicted molar refractivity (Wildman–Crippen MR) is 64.4 cm³/mol. The molecule has 1 amide bonds. The number of rotatable bonds is 5. The van der Waals surface area contributed by atoms with Crippen molar-refractivity contribution in [3.05, 3.63) is 35.4 Å². The smallest absolute Gasteiger partial charge is 0.246 e. The van der Waals surface area contributed by atoms with Crippen LogP contribution in [-0.2, 0) is 16.0 Å². The Morgan fingerprint density at radius 1 is 1.38 bits per heavy atom. The van der Waals surface area contributed by atoms with E-state index >= 15 is 0 Å². The highest BCUT2D eigenvalue weighted by atomic mass is 16.5. The van der Waals surface area contributed by atoms with Crippen molar-refractivity contribution in [3.8, 4) is 0 Å². The van der Waals surface area contributed by atoms with Gasteiger partial charge >= 0.3 is 0 Å². The maximum atomic E-state index is 11.3. The molecular formula is C13H19NO2. The first-order chi connectivity index (χ1) is 7.61. The third-order valence-electron chi connectivity index (χ3n) is 2.35. The van der Waals surface area contributed by atoms with E-state index in [1.165, 1.54) is 18.2 Å². The highest BCUT2D eigenvalue weighted by molar-refractivity contribution is 5.77. The van der Waals surface area contributed by atoms with E-state index in [1.807, 2.05) is 6.92 Å². The topological polar surface area (TPSA) is 38.3 Å². The Bertz CT molecular complexity index is 332. The fraction of sp³-hybridized carbons (Fsp3) is 0.462. The first-order valence-electron chi connectivity index (χ1n) is 5.45. The lowest BCUT2D eigenvalue weighted by molar-refractivity contribution is -0.125. The second-order valence-electron chi connectivity index (χ2n) is 4.09. The van der Waals surface area contributed by atoms with Gasteiger partial charge in [-0.2, -0.15) is 0 Å². The number of methoxy groups -OCH3 is 1. The van der Waals surface area contributed by atoms with Crippen LogP contribution >= 0.6 is 0 Å². The minimum atomic E-state index is -0.0675. The number of hydrogen-bond donors (Lipinski definition) is 1. The minimum absolute atomic E-state index is 0.0675. The van der Waals surface area contributed by atoms with Crippen LogP contribution < -0.4 is 5.32 Å². The molecule has 0 unspecified atom stereocenters. The molecule has 1 rings (SSSR count). The van der Waals surface area contributed by atoms with Crippen LogP contribution in [-0.4, -0.2) is 25.7 Å². The van der Waals surface area contributed by atoms with Crippen molar-refractivity contribution in [2.75, 3.05) is 13.7 Å². The van der Waals surface area contributed by atoms with Crippen molar-refractivity contribution in [2.24, 2.45) is 0 Å². The number of nitrogens with one attached hydrogen (secondary N) is 1. The molecule has 0 aliphatic rings. The van der Waals surface area contributed by atoms with Gasteiger partial charge in [-0.1, -0.05) is 29.8 Å². The maximum absolute atomic E-state index is 11.3. The van der Waals surface area contributed by atoms with E-state index < -0.39 is 0 Å². The molecule has 0 saturated carbocycles. The number of carbonyl (C=O) groups excluding carboxylic acids is 1. The van der Waals surface area contributed by atoms with E-state index in [9.17, 15) is 4.79 Å². The summed E-state index contributed by atoms with van der Waals surface area (Å²) < 4.78 is 4.76. The van der Waals surface area contributed by atoms with Crippen LogP contribution in [0.3, 0.4) is 0 Å². The summed E-state index contributed by atoms with van der Waals surface area (Å²) in [5, 5.41) is 2.88. The molecule has 0 heterocycles. The Hall–Kier alpha value is -1.35. The summed E-state index contributed by atoms with van der Waals surface area (Å²) in [5.74, 6) is -0.0675. The van der Waals surface area contributed by atoms with Gasteiger partial charge in [-0.15, -0.1) is 0 Å². The van der Waals surface area contributed by atoms with Gasteiger partial charge in [0.15, 0.2) is 0 Å². The number of aryl methyl sites for hydroxylation is 1. The fourth-order valence-corrected chi connectivity index (χ4v) is 1.58. The number of carbonyl (C=O) groups is 1. The van der Waals surface area contributed by atoms with Gasteiger partial charge < -0.3 is 10.1 Å². The highest BCUT2D eigenvalue weighted by Crippen LogP contribution is 2.05. The molecular weight excluding hydrogens is 202 g/mol. The lowest BCUT2D eigenvalue weighted by Gasteiger charge is -2.13. The molecule has 0 aliphatic heterocycles. The molecule has 0 aliphatic carbocycles. The monoisotopic (exact) mass is 221 g/mol. The maximum Gasteiger partial charge on any atom is 0.246 e. The summed E-state index contributed by atoms with van der Waals surface area (Å²) in [6.45, 7) is 4.18. The lowest BCUT2D eigenvalue weighted by atomic mass is 10.1. The summed E-state index contributed by atoms with van der Waals surface area (Å²) in [7, 11) is 1.52. The van der Waals surface area contributed by atoms with Gasteiger partial charge in [0.05, 0.1) is 0 Å². The molecule has 1 aromatic rings. The molecule has 1 atom stereocenters. The largest absolute Gasteiger partial charge is 0.375 e. The molecule has 0 bridgehead atoms. The SMILES string of the molecule is COCC(=O)N[C@H](C)Cc1ccc(C)cc1. The van der Waals surface area contributed by atoms with Gasteiger partial charge in [0.1, 0.15) is 6.61 Å². The first-order valence-corrected chi connectivity index (χ1v) is 5.45. The van der Waals surface area contributed by atoms with Crippen molar-refractivity contribution < 1.29 is 9.53 Å². The van der Waals surface area contributed by atoms with Gasteiger partial charge in [0.2, 0.25) is 5.91 Å². The Morgan fingerprint density at radius 2 is 2.00 bits per heavy atom. The molecule has 88 valence electrons. The minimum Gasteiger partial charge on any atom is -0.375 e. The van der Waals surface area contributed by atoms with Crippen LogP contribution in [0, 0.1) is 6.92 Å². The van der Waals surface area contributed by atoms with Gasteiger partial charge in [0, 0.05) is 13.2 Å². The van der Waals surface area contributed by atoms with Crippen LogP contribution in [0.25, 0.3) is 0 Å². The average Bonchev–Trinajstić information content (AvgIpc) is 2.21. The molecule has 3 nitrogen and oxygen atoms in total. The van der Waals surface area contributed by atoms with E-state index in [1.54, 1.807) is 0 Å². The predicted octanol–water partition coefficient (Wildman–Crippen LogP) is 1.69. The molecule has 16 heavy (non-hydrogen) atoms. The fourth-order valence-electron chi connectivity index (χ4n) is 1.58. The number of benzene rings is 1. The first kappa shape index (κ1) is 12.7. The molecule has 1 N–H and O–H groups in total. The Morgan fingerprint density at radius 3 is 2.56 bits per heavy atom. The van der Waals surface area contributed by atoms with Crippen molar-refractivity contribution >= 4 is 5.91 Å². The molecule has 0 radical (unpaired) electrons. The van der Waals surface area contributed by atoms with Gasteiger partial charge in [-0.05, 0) is 25.8 Å². The van der Waals surface area contributed by atoms with Crippen LogP contribution in [0.1, 0.15) is 18.1 Å². The van der Waals surface area contributed by atoms with Crippen LogP contribution in [0.5, 0.6) is 0 Å². The quantitative estimate of drug-likeness (QED) is 0.821. The second-order valence-corrected chi connectivity index (χ2v) is 4.09. The third kappa shape index (κ3) is 4.45. The van der Waals surface area contributed by atoms with E-state index in [0.717, 1.165) is 6.42 Å². The summed E-state index contributed by atoms with van der Waals surface area (Å²) in [4.78, 5) is 11.3. The van der Waals surface area contributed by atoms with E-state index in [-0.39, 0.29) is 18.6 Å². The number of ether oxygens (including phenoxy) is 1. The summed E-state index contributed by atoms with van der Waals surface area (Å²) in [6, 6.07) is 8.48. The highest BCUT2D eigenvalue weighted by Gasteiger charge is 2.07. The number of amides is 1. The standard InChI is InChI=1S/C13H19NO2/c1-10-4-6-12(7-5-10)8-11(2)14-13(15)9-16-3/h4-7,11H,8-9H2,1-3H3,(H,14,15)/t11-/m1/s1. The van der Waals surface area contributed by atoms with E-state index in [0.29, 0.717) is 0 Å². The summed E-state index contributed by atoms with van der Waals surface area (Å²) >= 11 is 0. The average molecular weight is 221 g/mol. The molecule has 1 aromatic carbocycles. The van der Waals surface area contributed by atoms with Crippen molar-refractivity contribution in [3.63, 3.8) is 0 Å². The third-order valence-corrected chi connectivity index (χ3v) is 2.35. The zero-order valence-corrected chi connectivity index (χ0v) is 10.1. The van der Waals surface area contributed by atoms with Crippen LogP contribution in [0.15, 0.2) is 24.3 Å². The van der Waals surface area contributed by atoms with Crippen molar-refractivity contribution in [1.29, 1.82) is 0 Å². The normalized spacial score (nSPS) is 12.2. The molecule has 3 heteroatoms. The second kappa shape index (κ2) is 6.28. The van der Waals surface area contributed by atoms with Crippen molar-refractivity contribution in [1.82, 2.24) is 5.32 Å². The zero-order valence-electron chi connectivity index (χ0n) is 10.1. The summed E-state index contributed by atoms with van der Waals surface area (Å²) in [5.41, 5.74) is 2.48. The van der Waals surface area contributed by atoms with Gasteiger partial charge in [0.25, 0.3) is 0 Å². The van der Waals surface area contributed by atoms with E-state index in [2.05, 4.69) is 36.5 Å². The Balaban J connectivity index is 2.42.